The summed E-state index contributed by atoms with van der Waals surface area (Å²) in [4.78, 5) is 20.0. The summed E-state index contributed by atoms with van der Waals surface area (Å²) >= 11 is 0. The van der Waals surface area contributed by atoms with Crippen LogP contribution in [0.1, 0.15) is 4.11 Å². The number of benzene rings is 1. The first-order chi connectivity index (χ1) is 9.61. The lowest BCUT2D eigenvalue weighted by Gasteiger charge is -2.28. The number of nitrogens with zero attached hydrogens (tertiary/aromatic N) is 2. The van der Waals surface area contributed by atoms with E-state index in [2.05, 4.69) is 9.97 Å². The Labute approximate surface area is 102 Å². The van der Waals surface area contributed by atoms with Gasteiger partial charge in [0.25, 0.3) is 5.56 Å². The molecule has 17 heavy (non-hydrogen) atoms. The summed E-state index contributed by atoms with van der Waals surface area (Å²) in [6, 6.07) is -0.274. The number of aromatic amines is 1. The van der Waals surface area contributed by atoms with Crippen LogP contribution in [0.4, 0.5) is 5.69 Å². The molecule has 5 heteroatoms. The Kier molecular flexibility index (Phi) is 1.83. The second-order valence-corrected chi connectivity index (χ2v) is 3.78. The van der Waals surface area contributed by atoms with Crippen LogP contribution in [0, 0.1) is 0 Å². The van der Waals surface area contributed by atoms with Crippen LogP contribution in [0.2, 0.25) is 0 Å². The normalized spacial score (nSPS) is 18.8. The molecule has 1 aromatic heterocycles. The van der Waals surface area contributed by atoms with Crippen molar-refractivity contribution in [3.63, 3.8) is 0 Å². The van der Waals surface area contributed by atoms with Crippen molar-refractivity contribution in [1.29, 1.82) is 0 Å². The van der Waals surface area contributed by atoms with E-state index in [1.165, 1.54) is 6.33 Å². The first-order valence-corrected chi connectivity index (χ1v) is 5.41. The third-order valence-electron chi connectivity index (χ3n) is 2.72. The number of ether oxygens (including phenoxy) is 1. The van der Waals surface area contributed by atoms with Gasteiger partial charge in [0.2, 0.25) is 0 Å². The van der Waals surface area contributed by atoms with E-state index in [4.69, 9.17) is 8.85 Å². The van der Waals surface area contributed by atoms with Crippen molar-refractivity contribution in [3.05, 3.63) is 34.8 Å². The van der Waals surface area contributed by atoms with Crippen LogP contribution in [-0.4, -0.2) is 36.3 Å². The molecule has 1 aromatic carbocycles. The molecule has 1 N–H and O–H groups in total. The molecule has 1 saturated heterocycles. The van der Waals surface area contributed by atoms with E-state index in [0.717, 1.165) is 0 Å². The van der Waals surface area contributed by atoms with Crippen molar-refractivity contribution in [1.82, 2.24) is 9.97 Å². The quantitative estimate of drug-likeness (QED) is 0.791. The number of anilines is 1. The smallest absolute Gasteiger partial charge is 0.258 e. The molecule has 0 aliphatic carbocycles. The van der Waals surface area contributed by atoms with Crippen molar-refractivity contribution in [3.8, 4) is 0 Å². The number of morpholine rings is 1. The molecule has 3 rings (SSSR count). The van der Waals surface area contributed by atoms with Gasteiger partial charge in [-0.05, 0) is 18.1 Å². The SMILES string of the molecule is [2H]c1c(N2CCOCC2)c([2H])c2nc[nH]c(=O)c2c1[2H]. The van der Waals surface area contributed by atoms with Crippen LogP contribution in [-0.2, 0) is 4.74 Å². The summed E-state index contributed by atoms with van der Waals surface area (Å²) in [5.74, 6) is 0. The predicted octanol–water partition coefficient (Wildman–Crippen LogP) is 0.760. The number of hydrogen-bond acceptors (Lipinski definition) is 4. The van der Waals surface area contributed by atoms with Crippen LogP contribution < -0.4 is 10.5 Å². The molecular weight excluding hydrogens is 218 g/mol. The highest BCUT2D eigenvalue weighted by Crippen LogP contribution is 2.19. The fourth-order valence-electron chi connectivity index (χ4n) is 1.82. The van der Waals surface area contributed by atoms with Crippen molar-refractivity contribution < 1.29 is 8.85 Å². The van der Waals surface area contributed by atoms with Crippen molar-refractivity contribution in [2.24, 2.45) is 0 Å². The molecule has 0 radical (unpaired) electrons. The zero-order chi connectivity index (χ0) is 14.3. The zero-order valence-electron chi connectivity index (χ0n) is 12.1. The lowest BCUT2D eigenvalue weighted by atomic mass is 10.2. The van der Waals surface area contributed by atoms with Crippen molar-refractivity contribution in [2.45, 2.75) is 0 Å². The van der Waals surface area contributed by atoms with Crippen LogP contribution in [0.5, 0.6) is 0 Å². The van der Waals surface area contributed by atoms with Gasteiger partial charge < -0.3 is 14.6 Å². The predicted molar refractivity (Wildman–Crippen MR) is 65.4 cm³/mol. The number of hydrogen-bond donors (Lipinski definition) is 1. The maximum absolute atomic E-state index is 11.8. The Bertz CT molecular complexity index is 726. The first kappa shape index (κ1) is 7.45. The van der Waals surface area contributed by atoms with E-state index in [-0.39, 0.29) is 29.0 Å². The number of H-pyrrole nitrogens is 1. The molecule has 1 aliphatic heterocycles. The highest BCUT2D eigenvalue weighted by molar-refractivity contribution is 5.81. The van der Waals surface area contributed by atoms with Crippen molar-refractivity contribution in [2.75, 3.05) is 31.2 Å². The number of aromatic nitrogens is 2. The molecule has 0 amide bonds. The van der Waals surface area contributed by atoms with Gasteiger partial charge in [0, 0.05) is 18.8 Å². The first-order valence-electron chi connectivity index (χ1n) is 6.91. The maximum atomic E-state index is 11.8. The Morgan fingerprint density at radius 2 is 2.24 bits per heavy atom. The van der Waals surface area contributed by atoms with Gasteiger partial charge in [-0.3, -0.25) is 4.79 Å². The number of rotatable bonds is 1. The maximum Gasteiger partial charge on any atom is 0.258 e. The van der Waals surface area contributed by atoms with Crippen LogP contribution >= 0.6 is 0 Å². The number of nitrogens with one attached hydrogen (secondary N) is 1. The molecule has 0 bridgehead atoms. The van der Waals surface area contributed by atoms with Crippen LogP contribution in [0.25, 0.3) is 10.9 Å². The van der Waals surface area contributed by atoms with Gasteiger partial charge in [0.05, 0.1) is 34.6 Å². The van der Waals surface area contributed by atoms with Gasteiger partial charge in [-0.1, -0.05) is 0 Å². The molecular formula is C12H13N3O2. The van der Waals surface area contributed by atoms with E-state index < -0.39 is 5.56 Å². The summed E-state index contributed by atoms with van der Waals surface area (Å²) < 4.78 is 29.5. The lowest BCUT2D eigenvalue weighted by molar-refractivity contribution is 0.122. The monoisotopic (exact) mass is 234 g/mol. The van der Waals surface area contributed by atoms with Crippen LogP contribution in [0.3, 0.4) is 0 Å². The second-order valence-electron chi connectivity index (χ2n) is 3.78. The fraction of sp³-hybridized carbons (Fsp3) is 0.333. The molecule has 0 atom stereocenters. The van der Waals surface area contributed by atoms with Gasteiger partial charge in [-0.25, -0.2) is 4.98 Å². The summed E-state index contributed by atoms with van der Waals surface area (Å²) in [6.07, 6.45) is 1.22. The topological polar surface area (TPSA) is 58.2 Å². The molecule has 2 heterocycles. The Hall–Kier alpha value is -1.88. The number of fused-ring (bicyclic) bond motifs is 1. The van der Waals surface area contributed by atoms with Gasteiger partial charge in [-0.2, -0.15) is 0 Å². The molecule has 0 saturated carbocycles. The minimum absolute atomic E-state index is 0.000454. The van der Waals surface area contributed by atoms with Gasteiger partial charge in [0.1, 0.15) is 0 Å². The third kappa shape index (κ3) is 1.89. The summed E-state index contributed by atoms with van der Waals surface area (Å²) in [7, 11) is 0. The Morgan fingerprint density at radius 1 is 1.41 bits per heavy atom. The van der Waals surface area contributed by atoms with Gasteiger partial charge in [0.15, 0.2) is 0 Å². The standard InChI is InChI=1S/C12H13N3O2/c16-12-10-2-1-9(7-11(10)13-8-14-12)15-3-5-17-6-4-15/h1-2,7-8H,3-6H2,(H,13,14,16)/i1D,2D,7D. The minimum atomic E-state index is -0.490. The van der Waals surface area contributed by atoms with E-state index in [1.807, 2.05) is 4.90 Å². The van der Waals surface area contributed by atoms with E-state index in [9.17, 15) is 4.79 Å². The molecule has 5 nitrogen and oxygen atoms in total. The Morgan fingerprint density at radius 3 is 3.06 bits per heavy atom. The highest BCUT2D eigenvalue weighted by Gasteiger charge is 2.12. The third-order valence-corrected chi connectivity index (χ3v) is 2.72. The fourth-order valence-corrected chi connectivity index (χ4v) is 1.82. The second kappa shape index (κ2) is 4.18. The molecule has 88 valence electrons. The average molecular weight is 234 g/mol. The summed E-state index contributed by atoms with van der Waals surface area (Å²) in [6.45, 7) is 2.16. The van der Waals surface area contributed by atoms with E-state index >= 15 is 0 Å². The van der Waals surface area contributed by atoms with Gasteiger partial charge in [-0.15, -0.1) is 0 Å². The molecule has 0 unspecified atom stereocenters. The lowest BCUT2D eigenvalue weighted by Crippen LogP contribution is -2.36. The summed E-state index contributed by atoms with van der Waals surface area (Å²) in [5.41, 5.74) is 0.0238. The minimum Gasteiger partial charge on any atom is -0.378 e. The molecule has 2 aromatic rings. The van der Waals surface area contributed by atoms with Crippen LogP contribution in [0.15, 0.2) is 29.2 Å². The van der Waals surface area contributed by atoms with Crippen molar-refractivity contribution >= 4 is 16.6 Å². The molecule has 1 fully saturated rings. The van der Waals surface area contributed by atoms with E-state index in [1.54, 1.807) is 0 Å². The average Bonchev–Trinajstić information content (AvgIpc) is 2.46. The highest BCUT2D eigenvalue weighted by atomic mass is 16.5. The van der Waals surface area contributed by atoms with E-state index in [0.29, 0.717) is 32.0 Å². The molecule has 0 spiro atoms. The largest absolute Gasteiger partial charge is 0.378 e. The zero-order valence-corrected chi connectivity index (χ0v) is 9.12. The van der Waals surface area contributed by atoms with Gasteiger partial charge >= 0.3 is 0 Å². The molecule has 1 aliphatic rings. The summed E-state index contributed by atoms with van der Waals surface area (Å²) in [5, 5.41) is -0.000454. The Balaban J connectivity index is 2.30.